The lowest BCUT2D eigenvalue weighted by Gasteiger charge is -2.14. The Hall–Kier alpha value is -2.93. The van der Waals surface area contributed by atoms with Crippen molar-refractivity contribution in [2.24, 2.45) is 0 Å². The van der Waals surface area contributed by atoms with Gasteiger partial charge < -0.3 is 14.6 Å². The molecule has 0 bridgehead atoms. The van der Waals surface area contributed by atoms with E-state index in [0.29, 0.717) is 27.8 Å². The molecule has 3 aromatic rings. The van der Waals surface area contributed by atoms with E-state index in [2.05, 4.69) is 4.98 Å². The van der Waals surface area contributed by atoms with Crippen LogP contribution in [0.1, 0.15) is 20.9 Å². The summed E-state index contributed by atoms with van der Waals surface area (Å²) in [4.78, 5) is 15.8. The van der Waals surface area contributed by atoms with Gasteiger partial charge in [-0.3, -0.25) is 0 Å². The molecule has 0 aliphatic carbocycles. The van der Waals surface area contributed by atoms with E-state index in [1.807, 2.05) is 0 Å². The fourth-order valence-corrected chi connectivity index (χ4v) is 3.37. The Labute approximate surface area is 153 Å². The maximum atomic E-state index is 13.0. The van der Waals surface area contributed by atoms with Gasteiger partial charge in [0.05, 0.1) is 18.4 Å². The fourth-order valence-electron chi connectivity index (χ4n) is 2.44. The number of aromatic carboxylic acids is 1. The highest BCUT2D eigenvalue weighted by Crippen LogP contribution is 2.40. The average molecular weight is 373 g/mol. The van der Waals surface area contributed by atoms with Crippen LogP contribution in [0.4, 0.5) is 4.39 Å². The quantitative estimate of drug-likeness (QED) is 0.687. The van der Waals surface area contributed by atoms with Gasteiger partial charge in [0.15, 0.2) is 11.5 Å². The third-order valence-electron chi connectivity index (χ3n) is 3.72. The molecule has 0 unspecified atom stereocenters. The molecule has 0 saturated heterocycles. The SMILES string of the molecule is COc1cccc(-c2nc(C)c(C(=O)O)s2)c1OCc1ccc(F)cc1. The predicted molar refractivity (Wildman–Crippen MR) is 96.5 cm³/mol. The van der Waals surface area contributed by atoms with Crippen molar-refractivity contribution in [2.75, 3.05) is 7.11 Å². The minimum absolute atomic E-state index is 0.187. The van der Waals surface area contributed by atoms with Gasteiger partial charge in [-0.05, 0) is 36.8 Å². The number of benzene rings is 2. The van der Waals surface area contributed by atoms with Crippen LogP contribution in [0.3, 0.4) is 0 Å². The monoisotopic (exact) mass is 373 g/mol. The van der Waals surface area contributed by atoms with Crippen LogP contribution in [0.2, 0.25) is 0 Å². The van der Waals surface area contributed by atoms with Crippen molar-refractivity contribution in [2.45, 2.75) is 13.5 Å². The first-order valence-corrected chi connectivity index (χ1v) is 8.56. The number of para-hydroxylation sites is 1. The van der Waals surface area contributed by atoms with E-state index in [1.54, 1.807) is 37.3 Å². The molecule has 0 amide bonds. The van der Waals surface area contributed by atoms with Gasteiger partial charge in [-0.25, -0.2) is 14.2 Å². The van der Waals surface area contributed by atoms with Gasteiger partial charge in [-0.2, -0.15) is 0 Å². The molecule has 1 heterocycles. The second kappa shape index (κ2) is 7.53. The number of carbonyl (C=O) groups is 1. The van der Waals surface area contributed by atoms with Gasteiger partial charge in [0, 0.05) is 0 Å². The minimum atomic E-state index is -1.01. The number of ether oxygens (including phenoxy) is 2. The Morgan fingerprint density at radius 1 is 1.23 bits per heavy atom. The number of carboxylic acids is 1. The number of hydrogen-bond donors (Lipinski definition) is 1. The summed E-state index contributed by atoms with van der Waals surface area (Å²) in [5.74, 6) is -0.353. The van der Waals surface area contributed by atoms with Crippen molar-refractivity contribution in [3.05, 3.63) is 64.4 Å². The largest absolute Gasteiger partial charge is 0.493 e. The third-order valence-corrected chi connectivity index (χ3v) is 4.90. The van der Waals surface area contributed by atoms with Crippen LogP contribution in [0.15, 0.2) is 42.5 Å². The number of aromatic nitrogens is 1. The summed E-state index contributed by atoms with van der Waals surface area (Å²) in [7, 11) is 1.53. The molecule has 134 valence electrons. The maximum absolute atomic E-state index is 13.0. The van der Waals surface area contributed by atoms with Gasteiger partial charge in [-0.15, -0.1) is 11.3 Å². The summed E-state index contributed by atoms with van der Waals surface area (Å²) >= 11 is 1.08. The molecular weight excluding hydrogens is 357 g/mol. The highest BCUT2D eigenvalue weighted by Gasteiger charge is 2.20. The second-order valence-corrected chi connectivity index (χ2v) is 6.49. The number of hydrogen-bond acceptors (Lipinski definition) is 5. The Morgan fingerprint density at radius 3 is 2.58 bits per heavy atom. The molecule has 0 fully saturated rings. The topological polar surface area (TPSA) is 68.7 Å². The molecule has 0 saturated carbocycles. The lowest BCUT2D eigenvalue weighted by atomic mass is 10.2. The summed E-state index contributed by atoms with van der Waals surface area (Å²) < 4.78 is 24.3. The van der Waals surface area contributed by atoms with Crippen LogP contribution >= 0.6 is 11.3 Å². The van der Waals surface area contributed by atoms with Crippen molar-refractivity contribution >= 4 is 17.3 Å². The van der Waals surface area contributed by atoms with E-state index < -0.39 is 5.97 Å². The zero-order valence-corrected chi connectivity index (χ0v) is 15.0. The van der Waals surface area contributed by atoms with E-state index in [0.717, 1.165) is 16.9 Å². The Kier molecular flexibility index (Phi) is 5.18. The number of halogens is 1. The molecule has 0 atom stereocenters. The number of nitrogens with zero attached hydrogens (tertiary/aromatic N) is 1. The molecular formula is C19H16FNO4S. The van der Waals surface area contributed by atoms with Gasteiger partial charge in [0.1, 0.15) is 22.3 Å². The first kappa shape index (κ1) is 17.9. The minimum Gasteiger partial charge on any atom is -0.493 e. The van der Waals surface area contributed by atoms with Crippen molar-refractivity contribution in [3.8, 4) is 22.1 Å². The zero-order valence-electron chi connectivity index (χ0n) is 14.2. The second-order valence-electron chi connectivity index (χ2n) is 5.49. The molecule has 1 aromatic heterocycles. The lowest BCUT2D eigenvalue weighted by molar-refractivity contribution is 0.0701. The standard InChI is InChI=1S/C19H16FNO4S/c1-11-17(19(22)23)26-18(21-11)14-4-3-5-15(24-2)16(14)25-10-12-6-8-13(20)9-7-12/h3-9H,10H2,1-2H3,(H,22,23). The first-order valence-electron chi connectivity index (χ1n) is 7.75. The summed E-state index contributed by atoms with van der Waals surface area (Å²) in [6.07, 6.45) is 0. The number of thiazole rings is 1. The van der Waals surface area contributed by atoms with Crippen LogP contribution in [0, 0.1) is 12.7 Å². The van der Waals surface area contributed by atoms with Crippen molar-refractivity contribution in [1.29, 1.82) is 0 Å². The molecule has 1 N–H and O–H groups in total. The summed E-state index contributed by atoms with van der Waals surface area (Å²) in [5, 5.41) is 9.79. The third kappa shape index (κ3) is 3.67. The molecule has 2 aromatic carbocycles. The number of aryl methyl sites for hydroxylation is 1. The van der Waals surface area contributed by atoms with Gasteiger partial charge in [-0.1, -0.05) is 18.2 Å². The Morgan fingerprint density at radius 2 is 1.96 bits per heavy atom. The van der Waals surface area contributed by atoms with E-state index in [9.17, 15) is 14.3 Å². The number of methoxy groups -OCH3 is 1. The van der Waals surface area contributed by atoms with Crippen molar-refractivity contribution in [1.82, 2.24) is 4.98 Å². The van der Waals surface area contributed by atoms with E-state index >= 15 is 0 Å². The van der Waals surface area contributed by atoms with Gasteiger partial charge in [0.2, 0.25) is 0 Å². The average Bonchev–Trinajstić information content (AvgIpc) is 3.03. The molecule has 5 nitrogen and oxygen atoms in total. The zero-order chi connectivity index (χ0) is 18.7. The van der Waals surface area contributed by atoms with Crippen LogP contribution in [0.5, 0.6) is 11.5 Å². The number of rotatable bonds is 6. The van der Waals surface area contributed by atoms with Gasteiger partial charge >= 0.3 is 5.97 Å². The smallest absolute Gasteiger partial charge is 0.347 e. The fraction of sp³-hybridized carbons (Fsp3) is 0.158. The summed E-state index contributed by atoms with van der Waals surface area (Å²) in [6.45, 7) is 1.87. The molecule has 0 spiro atoms. The van der Waals surface area contributed by atoms with Crippen molar-refractivity contribution < 1.29 is 23.8 Å². The molecule has 0 aliphatic rings. The highest BCUT2D eigenvalue weighted by atomic mass is 32.1. The molecule has 7 heteroatoms. The molecule has 3 rings (SSSR count). The molecule has 26 heavy (non-hydrogen) atoms. The van der Waals surface area contributed by atoms with Crippen LogP contribution < -0.4 is 9.47 Å². The first-order chi connectivity index (χ1) is 12.5. The molecule has 0 radical (unpaired) electrons. The normalized spacial score (nSPS) is 10.6. The maximum Gasteiger partial charge on any atom is 0.347 e. The van der Waals surface area contributed by atoms with Crippen LogP contribution in [-0.4, -0.2) is 23.2 Å². The number of carboxylic acid groups (broad SMARTS) is 1. The summed E-state index contributed by atoms with van der Waals surface area (Å²) in [6, 6.07) is 11.3. The van der Waals surface area contributed by atoms with Gasteiger partial charge in [0.25, 0.3) is 0 Å². The van der Waals surface area contributed by atoms with Crippen LogP contribution in [0.25, 0.3) is 10.6 Å². The van der Waals surface area contributed by atoms with E-state index in [-0.39, 0.29) is 17.3 Å². The Balaban J connectivity index is 1.97. The predicted octanol–water partition coefficient (Wildman–Crippen LogP) is 4.54. The Bertz CT molecular complexity index is 937. The van der Waals surface area contributed by atoms with E-state index in [1.165, 1.54) is 19.2 Å². The van der Waals surface area contributed by atoms with Crippen molar-refractivity contribution in [3.63, 3.8) is 0 Å². The summed E-state index contributed by atoms with van der Waals surface area (Å²) in [5.41, 5.74) is 1.89. The lowest BCUT2D eigenvalue weighted by Crippen LogP contribution is -1.99. The van der Waals surface area contributed by atoms with E-state index in [4.69, 9.17) is 9.47 Å². The molecule has 0 aliphatic heterocycles. The van der Waals surface area contributed by atoms with Crippen LogP contribution in [-0.2, 0) is 6.61 Å². The highest BCUT2D eigenvalue weighted by molar-refractivity contribution is 7.17.